The lowest BCUT2D eigenvalue weighted by atomic mass is 10.1. The highest BCUT2D eigenvalue weighted by Gasteiger charge is 2.07. The minimum absolute atomic E-state index is 0.206. The van der Waals surface area contributed by atoms with Crippen LogP contribution >= 0.6 is 22.6 Å². The van der Waals surface area contributed by atoms with Gasteiger partial charge in [0.05, 0.1) is 3.57 Å². The Morgan fingerprint density at radius 2 is 2.29 bits per heavy atom. The zero-order valence-electron chi connectivity index (χ0n) is 8.37. The fourth-order valence-electron chi connectivity index (χ4n) is 1.27. The van der Waals surface area contributed by atoms with Crippen molar-refractivity contribution in [3.63, 3.8) is 0 Å². The molecule has 4 nitrogen and oxygen atoms in total. The van der Waals surface area contributed by atoms with E-state index in [1.54, 1.807) is 12.5 Å². The van der Waals surface area contributed by atoms with Gasteiger partial charge in [0.1, 0.15) is 12.1 Å². The van der Waals surface area contributed by atoms with Crippen molar-refractivity contribution in [3.05, 3.63) is 16.1 Å². The topological polar surface area (TPSA) is 63.8 Å². The van der Waals surface area contributed by atoms with Crippen LogP contribution in [0, 0.1) is 3.57 Å². The number of hydrogen-bond acceptors (Lipinski definition) is 4. The maximum Gasteiger partial charge on any atom is 0.143 e. The molecule has 1 heterocycles. The van der Waals surface area contributed by atoms with Gasteiger partial charge in [0, 0.05) is 18.3 Å². The van der Waals surface area contributed by atoms with Gasteiger partial charge in [0.25, 0.3) is 0 Å². The Bertz CT molecular complexity index is 290. The van der Waals surface area contributed by atoms with Crippen LogP contribution in [-0.2, 0) is 0 Å². The second-order valence-corrected chi connectivity index (χ2v) is 4.64. The predicted octanol–water partition coefficient (Wildman–Crippen LogP) is 1.62. The lowest BCUT2D eigenvalue weighted by Gasteiger charge is -2.16. The maximum atomic E-state index is 5.71. The monoisotopic (exact) mass is 306 g/mol. The minimum Gasteiger partial charge on any atom is -0.367 e. The summed E-state index contributed by atoms with van der Waals surface area (Å²) in [6, 6.07) is 0.537. The maximum absolute atomic E-state index is 5.71. The number of nitrogens with two attached hydrogens (primary N) is 1. The third kappa shape index (κ3) is 3.75. The second kappa shape index (κ2) is 5.45. The molecule has 1 rings (SSSR count). The van der Waals surface area contributed by atoms with Gasteiger partial charge in [-0.25, -0.2) is 9.97 Å². The fourth-order valence-corrected chi connectivity index (χ4v) is 1.72. The summed E-state index contributed by atoms with van der Waals surface area (Å²) in [4.78, 5) is 8.08. The summed E-state index contributed by atoms with van der Waals surface area (Å²) in [7, 11) is 0. The lowest BCUT2D eigenvalue weighted by molar-refractivity contribution is 0.603. The van der Waals surface area contributed by atoms with E-state index >= 15 is 0 Å². The van der Waals surface area contributed by atoms with E-state index in [4.69, 9.17) is 5.73 Å². The Morgan fingerprint density at radius 3 is 2.86 bits per heavy atom. The number of halogens is 1. The number of anilines is 1. The van der Waals surface area contributed by atoms with Crippen LogP contribution in [0.3, 0.4) is 0 Å². The predicted molar refractivity (Wildman–Crippen MR) is 66.1 cm³/mol. The van der Waals surface area contributed by atoms with Gasteiger partial charge in [-0.15, -0.1) is 0 Å². The third-order valence-corrected chi connectivity index (χ3v) is 2.57. The molecule has 14 heavy (non-hydrogen) atoms. The van der Waals surface area contributed by atoms with Gasteiger partial charge in [-0.05, 0) is 42.9 Å². The van der Waals surface area contributed by atoms with Crippen molar-refractivity contribution in [1.82, 2.24) is 9.97 Å². The van der Waals surface area contributed by atoms with Crippen LogP contribution < -0.4 is 11.1 Å². The summed E-state index contributed by atoms with van der Waals surface area (Å²) in [6.45, 7) is 4.10. The Morgan fingerprint density at radius 1 is 1.57 bits per heavy atom. The van der Waals surface area contributed by atoms with Crippen LogP contribution in [0.15, 0.2) is 12.5 Å². The van der Waals surface area contributed by atoms with E-state index in [0.717, 1.165) is 15.8 Å². The molecule has 0 fully saturated rings. The van der Waals surface area contributed by atoms with Crippen molar-refractivity contribution in [2.45, 2.75) is 32.4 Å². The van der Waals surface area contributed by atoms with Gasteiger partial charge >= 0.3 is 0 Å². The van der Waals surface area contributed by atoms with Gasteiger partial charge in [0.2, 0.25) is 0 Å². The molecule has 5 heteroatoms. The molecule has 0 aliphatic heterocycles. The largest absolute Gasteiger partial charge is 0.367 e. The molecular weight excluding hydrogens is 291 g/mol. The second-order valence-electron chi connectivity index (χ2n) is 3.48. The van der Waals surface area contributed by atoms with Crippen LogP contribution in [0.4, 0.5) is 5.82 Å². The Labute approximate surface area is 97.8 Å². The Balaban J connectivity index is 2.56. The molecule has 0 spiro atoms. The summed E-state index contributed by atoms with van der Waals surface area (Å²) >= 11 is 2.21. The number of aromatic nitrogens is 2. The van der Waals surface area contributed by atoms with E-state index in [2.05, 4.69) is 44.8 Å². The molecule has 78 valence electrons. The molecule has 0 saturated heterocycles. The van der Waals surface area contributed by atoms with E-state index in [9.17, 15) is 0 Å². The number of hydrogen-bond donors (Lipinski definition) is 2. The van der Waals surface area contributed by atoms with Crippen molar-refractivity contribution in [2.75, 3.05) is 5.32 Å². The lowest BCUT2D eigenvalue weighted by Crippen LogP contribution is -2.26. The molecule has 2 atom stereocenters. The smallest absolute Gasteiger partial charge is 0.143 e. The van der Waals surface area contributed by atoms with E-state index in [1.807, 2.05) is 6.92 Å². The van der Waals surface area contributed by atoms with Gasteiger partial charge in [-0.2, -0.15) is 0 Å². The Kier molecular flexibility index (Phi) is 4.53. The van der Waals surface area contributed by atoms with Crippen LogP contribution in [0.2, 0.25) is 0 Å². The normalized spacial score (nSPS) is 14.9. The van der Waals surface area contributed by atoms with Crippen molar-refractivity contribution in [3.8, 4) is 0 Å². The number of nitrogens with one attached hydrogen (secondary N) is 1. The highest BCUT2D eigenvalue weighted by Crippen LogP contribution is 2.14. The molecule has 0 saturated carbocycles. The van der Waals surface area contributed by atoms with Crippen LogP contribution in [0.25, 0.3) is 0 Å². The molecule has 1 aromatic rings. The first-order valence-electron chi connectivity index (χ1n) is 4.57. The van der Waals surface area contributed by atoms with E-state index in [0.29, 0.717) is 6.04 Å². The molecule has 0 aliphatic carbocycles. The molecule has 3 N–H and O–H groups in total. The van der Waals surface area contributed by atoms with E-state index in [-0.39, 0.29) is 6.04 Å². The first-order chi connectivity index (χ1) is 6.59. The highest BCUT2D eigenvalue weighted by atomic mass is 127. The molecule has 2 unspecified atom stereocenters. The fraction of sp³-hybridized carbons (Fsp3) is 0.556. The van der Waals surface area contributed by atoms with Gasteiger partial charge in [-0.3, -0.25) is 0 Å². The number of nitrogens with zero attached hydrogens (tertiary/aromatic N) is 2. The standard InChI is InChI=1S/C9H15IN4/c1-6(11)3-7(2)14-9-8(10)4-12-5-13-9/h4-7H,3,11H2,1-2H3,(H,12,13,14). The average molecular weight is 306 g/mol. The minimum atomic E-state index is 0.206. The number of rotatable bonds is 4. The quantitative estimate of drug-likeness (QED) is 0.830. The van der Waals surface area contributed by atoms with Crippen molar-refractivity contribution >= 4 is 28.4 Å². The van der Waals surface area contributed by atoms with Gasteiger partial charge in [-0.1, -0.05) is 0 Å². The molecule has 0 amide bonds. The van der Waals surface area contributed by atoms with Crippen molar-refractivity contribution < 1.29 is 0 Å². The van der Waals surface area contributed by atoms with E-state index < -0.39 is 0 Å². The molecule has 0 bridgehead atoms. The van der Waals surface area contributed by atoms with Crippen LogP contribution in [-0.4, -0.2) is 22.1 Å². The summed E-state index contributed by atoms with van der Waals surface area (Å²) in [5.74, 6) is 0.883. The summed E-state index contributed by atoms with van der Waals surface area (Å²) in [5.41, 5.74) is 5.71. The first-order valence-corrected chi connectivity index (χ1v) is 5.65. The third-order valence-electron chi connectivity index (χ3n) is 1.78. The first kappa shape index (κ1) is 11.6. The zero-order valence-corrected chi connectivity index (χ0v) is 10.5. The summed E-state index contributed by atoms with van der Waals surface area (Å²) in [5, 5.41) is 3.30. The average Bonchev–Trinajstić information content (AvgIpc) is 2.07. The summed E-state index contributed by atoms with van der Waals surface area (Å²) < 4.78 is 1.03. The molecule has 1 aromatic heterocycles. The molecular formula is C9H15IN4. The van der Waals surface area contributed by atoms with E-state index in [1.165, 1.54) is 0 Å². The summed E-state index contributed by atoms with van der Waals surface area (Å²) in [6.07, 6.45) is 4.26. The van der Waals surface area contributed by atoms with Gasteiger partial charge < -0.3 is 11.1 Å². The van der Waals surface area contributed by atoms with Crippen molar-refractivity contribution in [1.29, 1.82) is 0 Å². The highest BCUT2D eigenvalue weighted by molar-refractivity contribution is 14.1. The van der Waals surface area contributed by atoms with Crippen LogP contribution in [0.1, 0.15) is 20.3 Å². The van der Waals surface area contributed by atoms with Crippen LogP contribution in [0.5, 0.6) is 0 Å². The SMILES string of the molecule is CC(N)CC(C)Nc1ncncc1I. The van der Waals surface area contributed by atoms with Crippen molar-refractivity contribution in [2.24, 2.45) is 5.73 Å². The zero-order chi connectivity index (χ0) is 10.6. The molecule has 0 aromatic carbocycles. The molecule has 0 aliphatic rings. The Hall–Kier alpha value is -0.430. The molecule has 0 radical (unpaired) electrons. The van der Waals surface area contributed by atoms with Gasteiger partial charge in [0.15, 0.2) is 0 Å².